The minimum absolute atomic E-state index is 0.143. The van der Waals surface area contributed by atoms with Gasteiger partial charge in [0.05, 0.1) is 10.5 Å². The standard InChI is InChI=1S/C26H27N5O2S2/c1-3-11-30-25(33)21(35-26(30)34)16-20-23(27-22-10-9-18(2)17-31(22)24(20)32)29-14-12-28(13-15-29)19-7-5-4-6-8-19/h4-10,16-17H,3,11-15H2,1-2H3. The van der Waals surface area contributed by atoms with Crippen LogP contribution in [0.4, 0.5) is 11.5 Å². The number of para-hydroxylation sites is 1. The van der Waals surface area contributed by atoms with E-state index < -0.39 is 0 Å². The molecule has 2 saturated heterocycles. The summed E-state index contributed by atoms with van der Waals surface area (Å²) in [4.78, 5) is 38.2. The highest BCUT2D eigenvalue weighted by molar-refractivity contribution is 8.26. The van der Waals surface area contributed by atoms with Crippen molar-refractivity contribution < 1.29 is 4.79 Å². The van der Waals surface area contributed by atoms with Gasteiger partial charge in [-0.1, -0.05) is 55.2 Å². The second-order valence-electron chi connectivity index (χ2n) is 8.73. The summed E-state index contributed by atoms with van der Waals surface area (Å²) < 4.78 is 2.10. The second-order valence-corrected chi connectivity index (χ2v) is 10.4. The summed E-state index contributed by atoms with van der Waals surface area (Å²) in [5, 5.41) is 0. The van der Waals surface area contributed by atoms with Gasteiger partial charge in [-0.3, -0.25) is 18.9 Å². The first-order chi connectivity index (χ1) is 17.0. The molecule has 9 heteroatoms. The van der Waals surface area contributed by atoms with Crippen molar-refractivity contribution in [2.45, 2.75) is 20.3 Å². The molecular weight excluding hydrogens is 478 g/mol. The molecule has 0 unspecified atom stereocenters. The maximum absolute atomic E-state index is 13.7. The van der Waals surface area contributed by atoms with Crippen molar-refractivity contribution in [3.05, 3.63) is 75.0 Å². The van der Waals surface area contributed by atoms with Crippen molar-refractivity contribution >= 4 is 57.4 Å². The molecule has 35 heavy (non-hydrogen) atoms. The van der Waals surface area contributed by atoms with Gasteiger partial charge in [0, 0.05) is 44.6 Å². The lowest BCUT2D eigenvalue weighted by Gasteiger charge is -2.37. The van der Waals surface area contributed by atoms with Gasteiger partial charge in [0.2, 0.25) is 0 Å². The van der Waals surface area contributed by atoms with Gasteiger partial charge in [0.25, 0.3) is 11.5 Å². The molecule has 7 nitrogen and oxygen atoms in total. The molecule has 0 N–H and O–H groups in total. The summed E-state index contributed by atoms with van der Waals surface area (Å²) in [5.74, 6) is 0.475. The van der Waals surface area contributed by atoms with Crippen molar-refractivity contribution in [3.63, 3.8) is 0 Å². The summed E-state index contributed by atoms with van der Waals surface area (Å²) in [6.45, 7) is 7.61. The number of benzene rings is 1. The number of carbonyl (C=O) groups is 1. The quantitative estimate of drug-likeness (QED) is 0.385. The van der Waals surface area contributed by atoms with Crippen LogP contribution < -0.4 is 15.4 Å². The molecule has 4 heterocycles. The van der Waals surface area contributed by atoms with Gasteiger partial charge in [0.1, 0.15) is 15.8 Å². The van der Waals surface area contributed by atoms with Crippen molar-refractivity contribution in [3.8, 4) is 0 Å². The number of aryl methyl sites for hydroxylation is 1. The van der Waals surface area contributed by atoms with Gasteiger partial charge in [-0.2, -0.15) is 0 Å². The van der Waals surface area contributed by atoms with Crippen LogP contribution in [0.15, 0.2) is 58.4 Å². The molecule has 5 rings (SSSR count). The van der Waals surface area contributed by atoms with Crippen LogP contribution in [0.5, 0.6) is 0 Å². The lowest BCUT2D eigenvalue weighted by atomic mass is 10.2. The summed E-state index contributed by atoms with van der Waals surface area (Å²) in [7, 11) is 0. The number of aromatic nitrogens is 2. The average Bonchev–Trinajstić information content (AvgIpc) is 3.14. The summed E-state index contributed by atoms with van der Waals surface area (Å²) >= 11 is 6.69. The molecule has 2 aliphatic heterocycles. The van der Waals surface area contributed by atoms with Crippen molar-refractivity contribution in [1.82, 2.24) is 14.3 Å². The zero-order valence-electron chi connectivity index (χ0n) is 19.8. The first-order valence-corrected chi connectivity index (χ1v) is 13.0. The molecule has 2 aromatic heterocycles. The van der Waals surface area contributed by atoms with Crippen LogP contribution in [0.2, 0.25) is 0 Å². The van der Waals surface area contributed by atoms with E-state index in [1.165, 1.54) is 17.4 Å². The molecular formula is C26H27N5O2S2. The van der Waals surface area contributed by atoms with E-state index in [0.29, 0.717) is 32.8 Å². The number of anilines is 2. The Morgan fingerprint density at radius 3 is 2.46 bits per heavy atom. The van der Waals surface area contributed by atoms with Crippen molar-refractivity contribution in [2.75, 3.05) is 42.5 Å². The van der Waals surface area contributed by atoms with E-state index in [0.717, 1.165) is 38.2 Å². The zero-order valence-corrected chi connectivity index (χ0v) is 21.4. The number of rotatable bonds is 5. The van der Waals surface area contributed by atoms with E-state index in [2.05, 4.69) is 21.9 Å². The highest BCUT2D eigenvalue weighted by Gasteiger charge is 2.32. The van der Waals surface area contributed by atoms with Crippen molar-refractivity contribution in [1.29, 1.82) is 0 Å². The molecule has 0 bridgehead atoms. The first-order valence-electron chi connectivity index (χ1n) is 11.8. The lowest BCUT2D eigenvalue weighted by Crippen LogP contribution is -2.47. The van der Waals surface area contributed by atoms with Gasteiger partial charge in [0.15, 0.2) is 0 Å². The number of piperazine rings is 1. The SMILES string of the molecule is CCCN1C(=O)C(=Cc2c(N3CCN(c4ccccc4)CC3)nc3ccc(C)cn3c2=O)SC1=S. The molecule has 3 aromatic rings. The fourth-order valence-corrected chi connectivity index (χ4v) is 5.77. The Kier molecular flexibility index (Phi) is 6.62. The summed E-state index contributed by atoms with van der Waals surface area (Å²) in [5.41, 5.74) is 3.00. The monoisotopic (exact) mass is 505 g/mol. The molecule has 2 fully saturated rings. The number of thiocarbonyl (C=S) groups is 1. The molecule has 1 aromatic carbocycles. The Balaban J connectivity index is 1.54. The van der Waals surface area contributed by atoms with Crippen LogP contribution in [-0.4, -0.2) is 57.2 Å². The molecule has 0 spiro atoms. The molecule has 2 aliphatic rings. The van der Waals surface area contributed by atoms with Gasteiger partial charge in [-0.25, -0.2) is 4.98 Å². The number of nitrogens with zero attached hydrogens (tertiary/aromatic N) is 5. The summed E-state index contributed by atoms with van der Waals surface area (Å²) in [6.07, 6.45) is 4.30. The van der Waals surface area contributed by atoms with E-state index in [1.54, 1.807) is 21.6 Å². The average molecular weight is 506 g/mol. The smallest absolute Gasteiger partial charge is 0.267 e. The largest absolute Gasteiger partial charge is 0.368 e. The van der Waals surface area contributed by atoms with Crippen LogP contribution >= 0.6 is 24.0 Å². The molecule has 0 radical (unpaired) electrons. The number of hydrogen-bond donors (Lipinski definition) is 0. The van der Waals surface area contributed by atoms with Crippen LogP contribution in [0.3, 0.4) is 0 Å². The molecule has 0 saturated carbocycles. The Morgan fingerprint density at radius 2 is 1.74 bits per heavy atom. The maximum atomic E-state index is 13.7. The van der Waals surface area contributed by atoms with Crippen LogP contribution in [0, 0.1) is 6.92 Å². The Bertz CT molecular complexity index is 1380. The Morgan fingerprint density at radius 1 is 1.03 bits per heavy atom. The fraction of sp³-hybridized carbons (Fsp3) is 0.308. The van der Waals surface area contributed by atoms with E-state index in [4.69, 9.17) is 17.2 Å². The van der Waals surface area contributed by atoms with E-state index in [1.807, 2.05) is 44.2 Å². The third-order valence-electron chi connectivity index (χ3n) is 6.28. The number of thioether (sulfide) groups is 1. The zero-order chi connectivity index (χ0) is 24.5. The van der Waals surface area contributed by atoms with Crippen LogP contribution in [-0.2, 0) is 4.79 Å². The third kappa shape index (κ3) is 4.58. The first kappa shape index (κ1) is 23.6. The number of fused-ring (bicyclic) bond motifs is 1. The van der Waals surface area contributed by atoms with Gasteiger partial charge in [-0.15, -0.1) is 0 Å². The Hall–Kier alpha value is -3.17. The minimum atomic E-state index is -0.181. The van der Waals surface area contributed by atoms with E-state index in [9.17, 15) is 9.59 Å². The fourth-order valence-electron chi connectivity index (χ4n) is 4.48. The van der Waals surface area contributed by atoms with Gasteiger partial charge < -0.3 is 9.80 Å². The van der Waals surface area contributed by atoms with E-state index >= 15 is 0 Å². The number of pyridine rings is 1. The number of hydrogen-bond acceptors (Lipinski definition) is 7. The molecule has 0 atom stereocenters. The lowest BCUT2D eigenvalue weighted by molar-refractivity contribution is -0.122. The highest BCUT2D eigenvalue weighted by Crippen LogP contribution is 2.33. The topological polar surface area (TPSA) is 61.2 Å². The highest BCUT2D eigenvalue weighted by atomic mass is 32.2. The predicted octanol–water partition coefficient (Wildman–Crippen LogP) is 3.94. The van der Waals surface area contributed by atoms with Crippen LogP contribution in [0.25, 0.3) is 11.7 Å². The van der Waals surface area contributed by atoms with Gasteiger partial charge >= 0.3 is 0 Å². The van der Waals surface area contributed by atoms with E-state index in [-0.39, 0.29) is 11.5 Å². The second kappa shape index (κ2) is 9.83. The third-order valence-corrected chi connectivity index (χ3v) is 7.66. The van der Waals surface area contributed by atoms with Crippen molar-refractivity contribution in [2.24, 2.45) is 0 Å². The predicted molar refractivity (Wildman–Crippen MR) is 147 cm³/mol. The summed E-state index contributed by atoms with van der Waals surface area (Å²) in [6, 6.07) is 14.2. The Labute approximate surface area is 214 Å². The molecule has 1 amide bonds. The number of carbonyl (C=O) groups excluding carboxylic acids is 1. The minimum Gasteiger partial charge on any atom is -0.368 e. The van der Waals surface area contributed by atoms with Crippen LogP contribution in [0.1, 0.15) is 24.5 Å². The normalized spacial score (nSPS) is 17.8. The number of amides is 1. The molecule has 0 aliphatic carbocycles. The van der Waals surface area contributed by atoms with Gasteiger partial charge in [-0.05, 0) is 43.2 Å². The molecule has 180 valence electrons. The maximum Gasteiger partial charge on any atom is 0.267 e.